The van der Waals surface area contributed by atoms with Gasteiger partial charge in [-0.2, -0.15) is 5.01 Å². The number of rotatable bonds is 1. The highest BCUT2D eigenvalue weighted by molar-refractivity contribution is 6.36. The van der Waals surface area contributed by atoms with Gasteiger partial charge in [0.25, 0.3) is 0 Å². The van der Waals surface area contributed by atoms with Gasteiger partial charge in [-0.1, -0.05) is 29.6 Å². The van der Waals surface area contributed by atoms with Crippen LogP contribution < -0.4 is 0 Å². The van der Waals surface area contributed by atoms with E-state index < -0.39 is 5.72 Å². The van der Waals surface area contributed by atoms with E-state index in [1.54, 1.807) is 18.2 Å². The fourth-order valence-corrected chi connectivity index (χ4v) is 3.46. The molecule has 1 heterocycles. The molecule has 0 unspecified atom stereocenters. The zero-order valence-corrected chi connectivity index (χ0v) is 13.2. The Hall–Kier alpha value is -1.26. The monoisotopic (exact) mass is 326 g/mol. The maximum absolute atomic E-state index is 11.9. The van der Waals surface area contributed by atoms with Gasteiger partial charge in [0.2, 0.25) is 17.5 Å². The molecular formula is C15H16Cl2N2O2. The molecule has 6 heteroatoms. The normalized spacial score (nSPS) is 20.3. The fourth-order valence-electron chi connectivity index (χ4n) is 2.97. The highest BCUT2D eigenvalue weighted by atomic mass is 35.5. The molecule has 0 N–H and O–H groups in total. The van der Waals surface area contributed by atoms with Crippen molar-refractivity contribution in [2.75, 3.05) is 0 Å². The van der Waals surface area contributed by atoms with Crippen molar-refractivity contribution >= 4 is 35.0 Å². The van der Waals surface area contributed by atoms with E-state index in [2.05, 4.69) is 5.10 Å². The first-order chi connectivity index (χ1) is 10.0. The smallest absolute Gasteiger partial charge is 0.243 e. The summed E-state index contributed by atoms with van der Waals surface area (Å²) < 4.78 is 6.10. The number of ether oxygens (including phenoxy) is 1. The van der Waals surface area contributed by atoms with Crippen molar-refractivity contribution in [2.24, 2.45) is 5.10 Å². The van der Waals surface area contributed by atoms with Crippen LogP contribution in [0.5, 0.6) is 0 Å². The highest BCUT2D eigenvalue weighted by Crippen LogP contribution is 2.40. The van der Waals surface area contributed by atoms with E-state index in [1.807, 2.05) is 0 Å². The van der Waals surface area contributed by atoms with Crippen LogP contribution in [0.1, 0.15) is 44.6 Å². The quantitative estimate of drug-likeness (QED) is 0.776. The van der Waals surface area contributed by atoms with E-state index in [9.17, 15) is 4.79 Å². The Bertz CT molecular complexity index is 610. The molecule has 112 valence electrons. The van der Waals surface area contributed by atoms with Crippen LogP contribution in [0, 0.1) is 0 Å². The highest BCUT2D eigenvalue weighted by Gasteiger charge is 2.48. The zero-order chi connectivity index (χ0) is 15.0. The molecule has 0 saturated heterocycles. The Morgan fingerprint density at radius 3 is 2.62 bits per heavy atom. The molecule has 4 nitrogen and oxygen atoms in total. The molecule has 1 saturated carbocycles. The summed E-state index contributed by atoms with van der Waals surface area (Å²) in [4.78, 5) is 11.9. The molecule has 21 heavy (non-hydrogen) atoms. The number of hydrogen-bond acceptors (Lipinski definition) is 3. The van der Waals surface area contributed by atoms with E-state index in [4.69, 9.17) is 27.9 Å². The molecule has 1 spiro atoms. The molecule has 0 aromatic heterocycles. The maximum atomic E-state index is 11.9. The first-order valence-electron chi connectivity index (χ1n) is 7.06. The van der Waals surface area contributed by atoms with Crippen molar-refractivity contribution in [2.45, 2.75) is 44.8 Å². The molecule has 2 aliphatic rings. The topological polar surface area (TPSA) is 41.9 Å². The third-order valence-electron chi connectivity index (χ3n) is 3.96. The second kappa shape index (κ2) is 5.50. The van der Waals surface area contributed by atoms with Crippen molar-refractivity contribution in [3.63, 3.8) is 0 Å². The van der Waals surface area contributed by atoms with E-state index >= 15 is 0 Å². The van der Waals surface area contributed by atoms with E-state index in [-0.39, 0.29) is 5.91 Å². The zero-order valence-electron chi connectivity index (χ0n) is 11.7. The summed E-state index contributed by atoms with van der Waals surface area (Å²) >= 11 is 12.1. The summed E-state index contributed by atoms with van der Waals surface area (Å²) in [5.74, 6) is 0.283. The van der Waals surface area contributed by atoms with E-state index in [1.165, 1.54) is 11.9 Å². The number of benzene rings is 1. The van der Waals surface area contributed by atoms with Crippen LogP contribution in [0.25, 0.3) is 0 Å². The largest absolute Gasteiger partial charge is 0.447 e. The minimum atomic E-state index is -0.637. The number of carbonyl (C=O) groups is 1. The summed E-state index contributed by atoms with van der Waals surface area (Å²) in [6.45, 7) is 1.51. The van der Waals surface area contributed by atoms with Crippen LogP contribution in [0.4, 0.5) is 0 Å². The Kier molecular flexibility index (Phi) is 3.84. The van der Waals surface area contributed by atoms with Crippen LogP contribution >= 0.6 is 23.2 Å². The van der Waals surface area contributed by atoms with E-state index in [0.717, 1.165) is 32.1 Å². The van der Waals surface area contributed by atoms with Gasteiger partial charge in [-0.15, -0.1) is 5.10 Å². The molecule has 1 aromatic carbocycles. The molecule has 1 fully saturated rings. The van der Waals surface area contributed by atoms with Gasteiger partial charge in [0.05, 0.1) is 10.6 Å². The number of nitrogens with zero attached hydrogens (tertiary/aromatic N) is 2. The second-order valence-electron chi connectivity index (χ2n) is 5.47. The second-order valence-corrected chi connectivity index (χ2v) is 6.31. The molecule has 3 rings (SSSR count). The third-order valence-corrected chi connectivity index (χ3v) is 4.51. The summed E-state index contributed by atoms with van der Waals surface area (Å²) in [5.41, 5.74) is 0.0253. The Morgan fingerprint density at radius 1 is 1.29 bits per heavy atom. The SMILES string of the molecule is CC(=O)N1N=C(c2ccc(Cl)cc2Cl)OC12CCCCC2. The van der Waals surface area contributed by atoms with Crippen LogP contribution in [0.2, 0.25) is 10.0 Å². The Morgan fingerprint density at radius 2 is 2.00 bits per heavy atom. The van der Waals surface area contributed by atoms with Gasteiger partial charge >= 0.3 is 0 Å². The predicted molar refractivity (Wildman–Crippen MR) is 82.4 cm³/mol. The average Bonchev–Trinajstić information content (AvgIpc) is 2.78. The van der Waals surface area contributed by atoms with Gasteiger partial charge < -0.3 is 4.74 Å². The van der Waals surface area contributed by atoms with Gasteiger partial charge in [-0.05, 0) is 31.0 Å². The van der Waals surface area contributed by atoms with Crippen molar-refractivity contribution in [3.8, 4) is 0 Å². The van der Waals surface area contributed by atoms with Gasteiger partial charge in [0.15, 0.2) is 0 Å². The number of halogens is 2. The Labute approximate surface area is 133 Å². The lowest BCUT2D eigenvalue weighted by atomic mass is 9.91. The van der Waals surface area contributed by atoms with Gasteiger partial charge in [-0.25, -0.2) is 0 Å². The number of hydrazone groups is 1. The Balaban J connectivity index is 1.97. The minimum Gasteiger partial charge on any atom is -0.447 e. The van der Waals surface area contributed by atoms with Crippen molar-refractivity contribution in [1.82, 2.24) is 5.01 Å². The molecular weight excluding hydrogens is 311 g/mol. The molecule has 1 aliphatic heterocycles. The van der Waals surface area contributed by atoms with Crippen molar-refractivity contribution in [1.29, 1.82) is 0 Å². The lowest BCUT2D eigenvalue weighted by molar-refractivity contribution is -0.151. The molecule has 1 aromatic rings. The average molecular weight is 327 g/mol. The fraction of sp³-hybridized carbons (Fsp3) is 0.467. The first kappa shape index (κ1) is 14.7. The first-order valence-corrected chi connectivity index (χ1v) is 7.81. The molecule has 0 atom stereocenters. The van der Waals surface area contributed by atoms with Crippen LogP contribution in [-0.4, -0.2) is 22.5 Å². The van der Waals surface area contributed by atoms with Crippen LogP contribution in [0.15, 0.2) is 23.3 Å². The number of amides is 1. The predicted octanol–water partition coefficient (Wildman–Crippen LogP) is 4.19. The summed E-state index contributed by atoms with van der Waals surface area (Å²) in [6, 6.07) is 5.15. The molecule has 0 radical (unpaired) electrons. The van der Waals surface area contributed by atoms with Crippen LogP contribution in [0.3, 0.4) is 0 Å². The molecule has 0 bridgehead atoms. The molecule has 1 aliphatic carbocycles. The third kappa shape index (κ3) is 2.62. The van der Waals surface area contributed by atoms with Gasteiger partial charge in [-0.3, -0.25) is 4.79 Å². The standard InChI is InChI=1S/C15H16Cl2N2O2/c1-10(20)19-15(7-3-2-4-8-15)21-14(18-19)12-6-5-11(16)9-13(12)17/h5-6,9H,2-4,7-8H2,1H3. The lowest BCUT2D eigenvalue weighted by Gasteiger charge is -2.37. The van der Waals surface area contributed by atoms with Gasteiger partial charge in [0.1, 0.15) is 0 Å². The van der Waals surface area contributed by atoms with Gasteiger partial charge in [0, 0.05) is 24.8 Å². The van der Waals surface area contributed by atoms with Crippen LogP contribution in [-0.2, 0) is 9.53 Å². The number of carbonyl (C=O) groups excluding carboxylic acids is 1. The molecule has 1 amide bonds. The summed E-state index contributed by atoms with van der Waals surface area (Å²) in [5, 5.41) is 6.88. The lowest BCUT2D eigenvalue weighted by Crippen LogP contribution is -2.48. The van der Waals surface area contributed by atoms with Crippen molar-refractivity contribution in [3.05, 3.63) is 33.8 Å². The number of hydrogen-bond donors (Lipinski definition) is 0. The minimum absolute atomic E-state index is 0.114. The van der Waals surface area contributed by atoms with E-state index in [0.29, 0.717) is 21.5 Å². The summed E-state index contributed by atoms with van der Waals surface area (Å²) in [7, 11) is 0. The van der Waals surface area contributed by atoms with Crippen molar-refractivity contribution < 1.29 is 9.53 Å². The summed E-state index contributed by atoms with van der Waals surface area (Å²) in [6.07, 6.45) is 4.81. The maximum Gasteiger partial charge on any atom is 0.243 e.